The Labute approximate surface area is 139 Å². The molecular formula is C18H31N5. The molecule has 0 spiro atoms. The first-order chi connectivity index (χ1) is 11.2. The molecule has 0 atom stereocenters. The van der Waals surface area contributed by atoms with Crippen molar-refractivity contribution >= 4 is 5.96 Å². The second-order valence-corrected chi connectivity index (χ2v) is 7.22. The summed E-state index contributed by atoms with van der Waals surface area (Å²) < 4.78 is 2.09. The third-order valence-electron chi connectivity index (χ3n) is 5.13. The molecule has 1 aromatic rings. The van der Waals surface area contributed by atoms with E-state index in [2.05, 4.69) is 38.4 Å². The highest BCUT2D eigenvalue weighted by Gasteiger charge is 2.41. The molecule has 23 heavy (non-hydrogen) atoms. The van der Waals surface area contributed by atoms with E-state index < -0.39 is 0 Å². The van der Waals surface area contributed by atoms with Gasteiger partial charge in [-0.2, -0.15) is 5.10 Å². The van der Waals surface area contributed by atoms with Crippen LogP contribution in [0.3, 0.4) is 0 Å². The molecule has 3 rings (SSSR count). The molecule has 0 aromatic carbocycles. The second kappa shape index (κ2) is 7.37. The van der Waals surface area contributed by atoms with Crippen LogP contribution in [0.5, 0.6) is 0 Å². The molecule has 2 aliphatic rings. The van der Waals surface area contributed by atoms with Gasteiger partial charge in [-0.15, -0.1) is 0 Å². The van der Waals surface area contributed by atoms with E-state index in [0.29, 0.717) is 0 Å². The maximum atomic E-state index is 4.50. The first-order valence-corrected chi connectivity index (χ1v) is 9.13. The van der Waals surface area contributed by atoms with Gasteiger partial charge in [0, 0.05) is 32.4 Å². The minimum atomic E-state index is 0.878. The van der Waals surface area contributed by atoms with Gasteiger partial charge >= 0.3 is 0 Å². The van der Waals surface area contributed by atoms with E-state index in [4.69, 9.17) is 0 Å². The molecule has 5 heteroatoms. The van der Waals surface area contributed by atoms with Crippen LogP contribution >= 0.6 is 0 Å². The van der Waals surface area contributed by atoms with E-state index in [1.165, 1.54) is 31.4 Å². The van der Waals surface area contributed by atoms with Crippen LogP contribution in [0.1, 0.15) is 43.5 Å². The largest absolute Gasteiger partial charge is 0.356 e. The predicted molar refractivity (Wildman–Crippen MR) is 94.6 cm³/mol. The summed E-state index contributed by atoms with van der Waals surface area (Å²) >= 11 is 0. The summed E-state index contributed by atoms with van der Waals surface area (Å²) in [6, 6.07) is 2.13. The monoisotopic (exact) mass is 317 g/mol. The van der Waals surface area contributed by atoms with Crippen molar-refractivity contribution in [2.45, 2.75) is 52.5 Å². The summed E-state index contributed by atoms with van der Waals surface area (Å²) in [5.74, 6) is 3.80. The Bertz CT molecular complexity index is 528. The van der Waals surface area contributed by atoms with Crippen LogP contribution in [0.25, 0.3) is 0 Å². The molecule has 0 radical (unpaired) electrons. The highest BCUT2D eigenvalue weighted by atomic mass is 15.3. The molecule has 2 fully saturated rings. The van der Waals surface area contributed by atoms with Crippen molar-refractivity contribution in [1.82, 2.24) is 20.4 Å². The lowest BCUT2D eigenvalue weighted by molar-refractivity contribution is 0.400. The van der Waals surface area contributed by atoms with Crippen LogP contribution in [0.2, 0.25) is 0 Å². The minimum Gasteiger partial charge on any atom is -0.356 e. The average molecular weight is 317 g/mol. The number of rotatable bonds is 8. The predicted octanol–water partition coefficient (Wildman–Crippen LogP) is 2.49. The van der Waals surface area contributed by atoms with Gasteiger partial charge in [-0.3, -0.25) is 9.67 Å². The van der Waals surface area contributed by atoms with Crippen LogP contribution in [0.4, 0.5) is 0 Å². The van der Waals surface area contributed by atoms with Gasteiger partial charge in [0.15, 0.2) is 5.96 Å². The molecule has 2 aliphatic carbocycles. The van der Waals surface area contributed by atoms with Crippen molar-refractivity contribution in [1.29, 1.82) is 0 Å². The third kappa shape index (κ3) is 4.72. The maximum absolute atomic E-state index is 4.50. The van der Waals surface area contributed by atoms with Crippen molar-refractivity contribution in [3.8, 4) is 0 Å². The van der Waals surface area contributed by atoms with E-state index >= 15 is 0 Å². The number of nitrogens with one attached hydrogen (secondary N) is 2. The Hall–Kier alpha value is -1.52. The maximum Gasteiger partial charge on any atom is 0.190 e. The van der Waals surface area contributed by atoms with Crippen molar-refractivity contribution in [3.63, 3.8) is 0 Å². The first kappa shape index (κ1) is 16.3. The molecule has 2 N–H and O–H groups in total. The van der Waals surface area contributed by atoms with Crippen LogP contribution in [-0.2, 0) is 6.54 Å². The minimum absolute atomic E-state index is 0.878. The number of aliphatic imine (C=N–C) groups is 1. The smallest absolute Gasteiger partial charge is 0.190 e. The molecular weight excluding hydrogens is 286 g/mol. The molecule has 5 nitrogen and oxygen atoms in total. The summed E-state index contributed by atoms with van der Waals surface area (Å²) in [5.41, 5.74) is 2.33. The zero-order chi connectivity index (χ0) is 16.2. The van der Waals surface area contributed by atoms with E-state index in [1.807, 2.05) is 14.0 Å². The summed E-state index contributed by atoms with van der Waals surface area (Å²) in [6.45, 7) is 7.13. The van der Waals surface area contributed by atoms with Crippen molar-refractivity contribution < 1.29 is 0 Å². The van der Waals surface area contributed by atoms with Crippen LogP contribution < -0.4 is 10.6 Å². The zero-order valence-electron chi connectivity index (χ0n) is 14.8. The Balaban J connectivity index is 1.35. The van der Waals surface area contributed by atoms with Crippen LogP contribution in [0.15, 0.2) is 11.1 Å². The lowest BCUT2D eigenvalue weighted by Gasteiger charge is -2.18. The molecule has 1 aromatic heterocycles. The van der Waals surface area contributed by atoms with Crippen molar-refractivity contribution in [2.24, 2.45) is 22.7 Å². The number of hydrogen-bond donors (Lipinski definition) is 2. The Morgan fingerprint density at radius 3 is 2.48 bits per heavy atom. The molecule has 0 saturated heterocycles. The number of aryl methyl sites for hydroxylation is 3. The highest BCUT2D eigenvalue weighted by Crippen LogP contribution is 2.48. The third-order valence-corrected chi connectivity index (χ3v) is 5.13. The van der Waals surface area contributed by atoms with Gasteiger partial charge in [-0.05, 0) is 69.8 Å². The van der Waals surface area contributed by atoms with E-state index in [0.717, 1.165) is 55.5 Å². The van der Waals surface area contributed by atoms with Gasteiger partial charge in [0.1, 0.15) is 0 Å². The molecule has 2 saturated carbocycles. The van der Waals surface area contributed by atoms with Gasteiger partial charge < -0.3 is 10.6 Å². The molecule has 1 heterocycles. The molecule has 128 valence electrons. The first-order valence-electron chi connectivity index (χ1n) is 9.13. The highest BCUT2D eigenvalue weighted by molar-refractivity contribution is 5.79. The fourth-order valence-corrected chi connectivity index (χ4v) is 3.54. The van der Waals surface area contributed by atoms with E-state index in [-0.39, 0.29) is 0 Å². The number of hydrogen-bond acceptors (Lipinski definition) is 2. The molecule has 0 aliphatic heterocycles. The number of guanidine groups is 1. The number of aromatic nitrogens is 2. The molecule has 0 bridgehead atoms. The summed E-state index contributed by atoms with van der Waals surface area (Å²) in [4.78, 5) is 4.36. The topological polar surface area (TPSA) is 54.2 Å². The van der Waals surface area contributed by atoms with E-state index in [1.54, 1.807) is 0 Å². The van der Waals surface area contributed by atoms with Crippen LogP contribution in [-0.4, -0.2) is 35.9 Å². The van der Waals surface area contributed by atoms with Crippen LogP contribution in [0, 0.1) is 31.6 Å². The number of nitrogens with zero attached hydrogens (tertiary/aromatic N) is 3. The second-order valence-electron chi connectivity index (χ2n) is 7.22. The van der Waals surface area contributed by atoms with E-state index in [9.17, 15) is 0 Å². The lowest BCUT2D eigenvalue weighted by atomic mass is 9.98. The average Bonchev–Trinajstić information content (AvgIpc) is 3.42. The SMILES string of the molecule is CN=C(NCCCn1nc(C)cc1C)NCC(C1CC1)C1CC1. The van der Waals surface area contributed by atoms with Crippen molar-refractivity contribution in [3.05, 3.63) is 17.5 Å². The fourth-order valence-electron chi connectivity index (χ4n) is 3.54. The van der Waals surface area contributed by atoms with Gasteiger partial charge in [-0.25, -0.2) is 0 Å². The van der Waals surface area contributed by atoms with Crippen molar-refractivity contribution in [2.75, 3.05) is 20.1 Å². The normalized spacial score (nSPS) is 18.5. The Morgan fingerprint density at radius 2 is 1.96 bits per heavy atom. The standard InChI is InChI=1S/C18H31N5/c1-13-11-14(2)23(22-13)10-4-9-20-18(19-3)21-12-17(15-5-6-15)16-7-8-16/h11,15-17H,4-10,12H2,1-3H3,(H2,19,20,21). The van der Waals surface area contributed by atoms with Gasteiger partial charge in [0.05, 0.1) is 5.69 Å². The molecule has 0 unspecified atom stereocenters. The quantitative estimate of drug-likeness (QED) is 0.440. The zero-order valence-corrected chi connectivity index (χ0v) is 14.8. The Kier molecular flexibility index (Phi) is 5.23. The van der Waals surface area contributed by atoms with Gasteiger partial charge in [-0.1, -0.05) is 0 Å². The summed E-state index contributed by atoms with van der Waals surface area (Å²) in [5, 5.41) is 11.5. The van der Waals surface area contributed by atoms with Gasteiger partial charge in [0.25, 0.3) is 0 Å². The van der Waals surface area contributed by atoms with Gasteiger partial charge in [0.2, 0.25) is 0 Å². The lowest BCUT2D eigenvalue weighted by Crippen LogP contribution is -2.41. The summed E-state index contributed by atoms with van der Waals surface area (Å²) in [7, 11) is 1.86. The fraction of sp³-hybridized carbons (Fsp3) is 0.778. The Morgan fingerprint density at radius 1 is 1.26 bits per heavy atom. The summed E-state index contributed by atoms with van der Waals surface area (Å²) in [6.07, 6.45) is 6.82. The molecule has 0 amide bonds.